The first-order valence-corrected chi connectivity index (χ1v) is 5.07. The van der Waals surface area contributed by atoms with Crippen LogP contribution < -0.4 is 0 Å². The molecule has 0 aromatic rings. The van der Waals surface area contributed by atoms with Gasteiger partial charge in [-0.3, -0.25) is 0 Å². The second-order valence-corrected chi connectivity index (χ2v) is 4.43. The van der Waals surface area contributed by atoms with E-state index >= 15 is 0 Å². The molecule has 0 N–H and O–H groups in total. The molecule has 0 aliphatic carbocycles. The maximum absolute atomic E-state index is 10.5. The van der Waals surface area contributed by atoms with Crippen LogP contribution in [0.1, 0.15) is 41.0 Å². The van der Waals surface area contributed by atoms with E-state index < -0.39 is 0 Å². The van der Waals surface area contributed by atoms with Crippen LogP contribution >= 0.6 is 0 Å². The van der Waals surface area contributed by atoms with Crippen LogP contribution in [0.3, 0.4) is 0 Å². The highest BCUT2D eigenvalue weighted by Gasteiger charge is 2.12. The zero-order valence-corrected chi connectivity index (χ0v) is 9.50. The predicted octanol–water partition coefficient (Wildman–Crippen LogP) is 3.45. The van der Waals surface area contributed by atoms with Gasteiger partial charge in [-0.1, -0.05) is 32.4 Å². The first-order chi connectivity index (χ1) is 5.97. The molecule has 0 aliphatic rings. The van der Waals surface area contributed by atoms with E-state index in [1.807, 2.05) is 6.92 Å². The van der Waals surface area contributed by atoms with Crippen LogP contribution in [0.25, 0.3) is 0 Å². The number of rotatable bonds is 5. The van der Waals surface area contributed by atoms with Crippen LogP contribution in [0.15, 0.2) is 11.6 Å². The van der Waals surface area contributed by atoms with E-state index in [2.05, 4.69) is 33.8 Å². The summed E-state index contributed by atoms with van der Waals surface area (Å²) in [7, 11) is 0. The van der Waals surface area contributed by atoms with Crippen LogP contribution in [0, 0.1) is 17.8 Å². The Morgan fingerprint density at radius 3 is 2.15 bits per heavy atom. The molecule has 76 valence electrons. The van der Waals surface area contributed by atoms with E-state index in [-0.39, 0.29) is 5.92 Å². The van der Waals surface area contributed by atoms with Crippen molar-refractivity contribution in [3.63, 3.8) is 0 Å². The summed E-state index contributed by atoms with van der Waals surface area (Å²) in [6, 6.07) is 0. The highest BCUT2D eigenvalue weighted by atomic mass is 16.1. The Bertz CT molecular complexity index is 178. The summed E-state index contributed by atoms with van der Waals surface area (Å²) in [5.41, 5.74) is 1.36. The fourth-order valence-corrected chi connectivity index (χ4v) is 1.55. The third-order valence-corrected chi connectivity index (χ3v) is 2.47. The van der Waals surface area contributed by atoms with Crippen LogP contribution in [-0.4, -0.2) is 6.29 Å². The number of carbonyl (C=O) groups is 1. The van der Waals surface area contributed by atoms with Crippen molar-refractivity contribution in [1.82, 2.24) is 0 Å². The lowest BCUT2D eigenvalue weighted by atomic mass is 9.87. The fraction of sp³-hybridized carbons (Fsp3) is 0.750. The summed E-state index contributed by atoms with van der Waals surface area (Å²) in [5.74, 6) is 1.37. The molecule has 0 radical (unpaired) electrons. The number of hydrogen-bond acceptors (Lipinski definition) is 1. The summed E-state index contributed by atoms with van der Waals surface area (Å²) in [5, 5.41) is 0. The van der Waals surface area contributed by atoms with Crippen molar-refractivity contribution < 1.29 is 4.79 Å². The Morgan fingerprint density at radius 1 is 1.23 bits per heavy atom. The molecule has 0 aromatic heterocycles. The van der Waals surface area contributed by atoms with Crippen LogP contribution in [-0.2, 0) is 4.79 Å². The molecule has 0 saturated carbocycles. The molecule has 3 unspecified atom stereocenters. The third-order valence-electron chi connectivity index (χ3n) is 2.47. The second-order valence-electron chi connectivity index (χ2n) is 4.43. The van der Waals surface area contributed by atoms with Gasteiger partial charge in [-0.05, 0) is 32.1 Å². The van der Waals surface area contributed by atoms with Gasteiger partial charge in [0.05, 0.1) is 0 Å². The minimum absolute atomic E-state index is 0.197. The van der Waals surface area contributed by atoms with Crippen molar-refractivity contribution in [2.24, 2.45) is 17.8 Å². The van der Waals surface area contributed by atoms with E-state index in [9.17, 15) is 4.79 Å². The van der Waals surface area contributed by atoms with Crippen LogP contribution in [0.5, 0.6) is 0 Å². The van der Waals surface area contributed by atoms with Gasteiger partial charge >= 0.3 is 0 Å². The molecular formula is C12H22O. The molecule has 0 heterocycles. The molecule has 0 fully saturated rings. The summed E-state index contributed by atoms with van der Waals surface area (Å²) < 4.78 is 0. The molecule has 0 spiro atoms. The standard InChI is InChI=1S/C12H22O/c1-9(2)6-11(4)12(5)7-10(3)8-13/h6,8,10-12H,7H2,1-5H3. The fourth-order valence-electron chi connectivity index (χ4n) is 1.55. The average molecular weight is 182 g/mol. The summed E-state index contributed by atoms with van der Waals surface area (Å²) in [4.78, 5) is 10.5. The molecule has 0 saturated heterocycles. The van der Waals surface area contributed by atoms with E-state index in [0.717, 1.165) is 12.7 Å². The van der Waals surface area contributed by atoms with Crippen molar-refractivity contribution in [3.8, 4) is 0 Å². The lowest BCUT2D eigenvalue weighted by molar-refractivity contribution is -0.111. The molecule has 0 amide bonds. The number of carbonyl (C=O) groups excluding carboxylic acids is 1. The molecule has 1 nitrogen and oxygen atoms in total. The Balaban J connectivity index is 4.03. The normalized spacial score (nSPS) is 17.3. The highest BCUT2D eigenvalue weighted by molar-refractivity contribution is 5.52. The molecular weight excluding hydrogens is 160 g/mol. The van der Waals surface area contributed by atoms with E-state index in [1.165, 1.54) is 5.57 Å². The molecule has 0 aliphatic heterocycles. The van der Waals surface area contributed by atoms with Crippen molar-refractivity contribution in [3.05, 3.63) is 11.6 Å². The summed E-state index contributed by atoms with van der Waals surface area (Å²) in [6.45, 7) is 10.6. The third kappa shape index (κ3) is 5.62. The van der Waals surface area contributed by atoms with Gasteiger partial charge in [0.15, 0.2) is 0 Å². The minimum Gasteiger partial charge on any atom is -0.303 e. The molecule has 0 rings (SSSR count). The van der Waals surface area contributed by atoms with Gasteiger partial charge in [-0.25, -0.2) is 0 Å². The van der Waals surface area contributed by atoms with Gasteiger partial charge in [-0.2, -0.15) is 0 Å². The summed E-state index contributed by atoms with van der Waals surface area (Å²) >= 11 is 0. The van der Waals surface area contributed by atoms with Crippen molar-refractivity contribution in [1.29, 1.82) is 0 Å². The maximum atomic E-state index is 10.5. The average Bonchev–Trinajstić information content (AvgIpc) is 2.02. The highest BCUT2D eigenvalue weighted by Crippen LogP contribution is 2.21. The monoisotopic (exact) mass is 182 g/mol. The maximum Gasteiger partial charge on any atom is 0.122 e. The molecule has 0 aromatic carbocycles. The van der Waals surface area contributed by atoms with Crippen molar-refractivity contribution >= 4 is 6.29 Å². The number of aldehydes is 1. The Morgan fingerprint density at radius 2 is 1.77 bits per heavy atom. The zero-order chi connectivity index (χ0) is 10.4. The first-order valence-electron chi connectivity index (χ1n) is 5.07. The second kappa shape index (κ2) is 5.95. The van der Waals surface area contributed by atoms with E-state index in [4.69, 9.17) is 0 Å². The molecule has 0 bridgehead atoms. The quantitative estimate of drug-likeness (QED) is 0.470. The predicted molar refractivity (Wildman–Crippen MR) is 57.6 cm³/mol. The number of hydrogen-bond donors (Lipinski definition) is 0. The topological polar surface area (TPSA) is 17.1 Å². The van der Waals surface area contributed by atoms with E-state index in [1.54, 1.807) is 0 Å². The number of allylic oxidation sites excluding steroid dienone is 2. The van der Waals surface area contributed by atoms with Crippen LogP contribution in [0.4, 0.5) is 0 Å². The lowest BCUT2D eigenvalue weighted by Gasteiger charge is -2.18. The van der Waals surface area contributed by atoms with Crippen molar-refractivity contribution in [2.75, 3.05) is 0 Å². The summed E-state index contributed by atoms with van der Waals surface area (Å²) in [6.07, 6.45) is 4.32. The van der Waals surface area contributed by atoms with Gasteiger partial charge in [0.25, 0.3) is 0 Å². The first kappa shape index (κ1) is 12.4. The molecule has 1 heteroatoms. The molecule has 13 heavy (non-hydrogen) atoms. The van der Waals surface area contributed by atoms with E-state index in [0.29, 0.717) is 11.8 Å². The van der Waals surface area contributed by atoms with Gasteiger partial charge in [0, 0.05) is 5.92 Å². The Kier molecular flexibility index (Phi) is 5.68. The van der Waals surface area contributed by atoms with Crippen molar-refractivity contribution in [2.45, 2.75) is 41.0 Å². The Hall–Kier alpha value is -0.590. The SMILES string of the molecule is CC(C)=CC(C)C(C)CC(C)C=O. The van der Waals surface area contributed by atoms with Gasteiger partial charge < -0.3 is 4.79 Å². The van der Waals surface area contributed by atoms with Gasteiger partial charge in [0.1, 0.15) is 6.29 Å². The minimum atomic E-state index is 0.197. The lowest BCUT2D eigenvalue weighted by Crippen LogP contribution is -2.11. The van der Waals surface area contributed by atoms with Gasteiger partial charge in [0.2, 0.25) is 0 Å². The Labute approximate surface area is 82.2 Å². The zero-order valence-electron chi connectivity index (χ0n) is 9.50. The van der Waals surface area contributed by atoms with Gasteiger partial charge in [-0.15, -0.1) is 0 Å². The molecule has 3 atom stereocenters. The largest absolute Gasteiger partial charge is 0.303 e. The smallest absolute Gasteiger partial charge is 0.122 e. The van der Waals surface area contributed by atoms with Crippen LogP contribution in [0.2, 0.25) is 0 Å².